The van der Waals surface area contributed by atoms with Gasteiger partial charge in [0.05, 0.1) is 38.6 Å². The average molecular weight is 1630 g/mol. The second-order valence-electron chi connectivity index (χ2n) is 34.0. The molecule has 2 atom stereocenters. The van der Waals surface area contributed by atoms with Crippen molar-refractivity contribution in [2.75, 3.05) is 9.80 Å². The number of ether oxygens (including phenoxy) is 2. The molecule has 6 heteroatoms. The summed E-state index contributed by atoms with van der Waals surface area (Å²) in [4.78, 5) is 4.71. The van der Waals surface area contributed by atoms with Gasteiger partial charge < -0.3 is 28.4 Å². The lowest BCUT2D eigenvalue weighted by molar-refractivity contribution is 0.436. The molecule has 26 rings (SSSR count). The van der Waals surface area contributed by atoms with E-state index in [9.17, 15) is 0 Å². The predicted octanol–water partition coefficient (Wildman–Crippen LogP) is 32.1. The average Bonchev–Trinajstić information content (AvgIpc) is 1.51. The molecule has 2 spiro atoms. The standard InChI is InChI=1S/C122H78N4O2/c1-5-32-87(33-6-1)123(88-34-7-2-8-35-88)91-65-58-79(59-66-91)83-60-67-95-94-42-13-18-48-103(94)121(109(95)75-83)105-50-20-26-57-117(105)128-119-78-86(62-69-107(119)121)81-31-28-41-93(73-81)124(89-36-9-3-10-37-89)92-40-27-30-80(72-92)85-61-68-99-96-43-15-23-54-112(96)126(115(99)77-85)113-55-24-16-44-97(113)100-47-29-52-108-120(100)101-46-14-19-49-104(101)122(108)106-51-21-25-56-116(106)127-118-71-64-84(76-110(118)122)82-63-70-114-102(74-82)98-45-17-22-53-111(98)125(114)90-38-11-4-12-39-90/h1-78H. The summed E-state index contributed by atoms with van der Waals surface area (Å²) in [5.74, 6) is 3.39. The summed E-state index contributed by atoms with van der Waals surface area (Å²) in [5, 5.41) is 4.80. The second-order valence-corrected chi connectivity index (χ2v) is 34.0. The Hall–Kier alpha value is -16.8. The molecule has 2 aromatic heterocycles. The van der Waals surface area contributed by atoms with Crippen molar-refractivity contribution in [3.05, 3.63) is 518 Å². The van der Waals surface area contributed by atoms with E-state index in [-0.39, 0.29) is 0 Å². The first-order chi connectivity index (χ1) is 63.5. The van der Waals surface area contributed by atoms with Crippen LogP contribution in [0.25, 0.3) is 133 Å². The zero-order valence-electron chi connectivity index (χ0n) is 69.6. The van der Waals surface area contributed by atoms with Gasteiger partial charge >= 0.3 is 0 Å². The maximum absolute atomic E-state index is 7.24. The molecule has 4 aliphatic rings. The molecule has 2 aliphatic heterocycles. The summed E-state index contributed by atoms with van der Waals surface area (Å²) < 4.78 is 19.3. The Labute approximate surface area is 741 Å². The van der Waals surface area contributed by atoms with Crippen molar-refractivity contribution in [2.24, 2.45) is 0 Å². The van der Waals surface area contributed by atoms with Gasteiger partial charge in [0.1, 0.15) is 23.0 Å². The van der Waals surface area contributed by atoms with Gasteiger partial charge in [0, 0.05) is 89.2 Å². The Morgan fingerprint density at radius 2 is 0.578 bits per heavy atom. The van der Waals surface area contributed by atoms with Gasteiger partial charge in [0.2, 0.25) is 0 Å². The molecular formula is C122H78N4O2. The zero-order chi connectivity index (χ0) is 84.1. The number of nitrogens with zero attached hydrogens (tertiary/aromatic N) is 4. The summed E-state index contributed by atoms with van der Waals surface area (Å²) in [6, 6.07) is 174. The molecule has 598 valence electrons. The molecule has 22 aromatic rings. The molecule has 6 nitrogen and oxygen atoms in total. The smallest absolute Gasteiger partial charge is 0.132 e. The quantitative estimate of drug-likeness (QED) is 0.115. The number of anilines is 6. The van der Waals surface area contributed by atoms with E-state index in [1.165, 1.54) is 77.1 Å². The van der Waals surface area contributed by atoms with Gasteiger partial charge in [-0.1, -0.05) is 315 Å². The molecule has 0 radical (unpaired) electrons. The molecule has 2 aliphatic carbocycles. The highest BCUT2D eigenvalue weighted by atomic mass is 16.5. The van der Waals surface area contributed by atoms with Crippen LogP contribution in [0.4, 0.5) is 34.1 Å². The summed E-state index contributed by atoms with van der Waals surface area (Å²) >= 11 is 0. The van der Waals surface area contributed by atoms with Gasteiger partial charge in [-0.2, -0.15) is 0 Å². The monoisotopic (exact) mass is 1630 g/mol. The molecule has 128 heavy (non-hydrogen) atoms. The number of fused-ring (bicyclic) bond motifs is 24. The van der Waals surface area contributed by atoms with E-state index in [0.717, 1.165) is 157 Å². The third kappa shape index (κ3) is 11.0. The summed E-state index contributed by atoms with van der Waals surface area (Å²) in [6.45, 7) is 0. The number of rotatable bonds is 13. The van der Waals surface area contributed by atoms with E-state index in [4.69, 9.17) is 9.47 Å². The lowest BCUT2D eigenvalue weighted by atomic mass is 9.65. The Morgan fingerprint density at radius 1 is 0.180 bits per heavy atom. The van der Waals surface area contributed by atoms with Crippen molar-refractivity contribution in [3.63, 3.8) is 0 Å². The highest BCUT2D eigenvalue weighted by Crippen LogP contribution is 2.66. The summed E-state index contributed by atoms with van der Waals surface area (Å²) in [7, 11) is 0. The Bertz CT molecular complexity index is 8240. The van der Waals surface area contributed by atoms with Crippen molar-refractivity contribution in [2.45, 2.75) is 10.8 Å². The van der Waals surface area contributed by atoms with Crippen LogP contribution in [0.2, 0.25) is 0 Å². The topological polar surface area (TPSA) is 34.8 Å². The van der Waals surface area contributed by atoms with Crippen LogP contribution in [0.3, 0.4) is 0 Å². The first kappa shape index (κ1) is 72.8. The van der Waals surface area contributed by atoms with E-state index in [1.807, 2.05) is 0 Å². The van der Waals surface area contributed by atoms with Crippen LogP contribution in [0.15, 0.2) is 473 Å². The molecule has 0 saturated carbocycles. The lowest BCUT2D eigenvalue weighted by Crippen LogP contribution is -2.32. The van der Waals surface area contributed by atoms with E-state index in [2.05, 4.69) is 492 Å². The van der Waals surface area contributed by atoms with Crippen molar-refractivity contribution < 1.29 is 9.47 Å². The first-order valence-corrected chi connectivity index (χ1v) is 44.1. The van der Waals surface area contributed by atoms with Crippen LogP contribution in [-0.4, -0.2) is 9.13 Å². The fraction of sp³-hybridized carbons (Fsp3) is 0.0164. The predicted molar refractivity (Wildman–Crippen MR) is 526 cm³/mol. The number of hydrogen-bond donors (Lipinski definition) is 0. The van der Waals surface area contributed by atoms with Crippen molar-refractivity contribution in [1.82, 2.24) is 9.13 Å². The van der Waals surface area contributed by atoms with Gasteiger partial charge in [-0.05, 0) is 252 Å². The van der Waals surface area contributed by atoms with Crippen LogP contribution in [-0.2, 0) is 10.8 Å². The number of aromatic nitrogens is 2. The molecule has 0 N–H and O–H groups in total. The van der Waals surface area contributed by atoms with E-state index in [0.29, 0.717) is 0 Å². The van der Waals surface area contributed by atoms with Crippen LogP contribution in [0.1, 0.15) is 44.5 Å². The molecule has 0 saturated heterocycles. The van der Waals surface area contributed by atoms with E-state index < -0.39 is 10.8 Å². The van der Waals surface area contributed by atoms with Crippen molar-refractivity contribution in [3.8, 4) is 112 Å². The maximum atomic E-state index is 7.24. The highest BCUT2D eigenvalue weighted by Gasteiger charge is 2.54. The number of hydrogen-bond acceptors (Lipinski definition) is 4. The Kier molecular flexibility index (Phi) is 16.4. The minimum Gasteiger partial charge on any atom is -0.457 e. The minimum absolute atomic E-state index is 0.681. The van der Waals surface area contributed by atoms with Crippen molar-refractivity contribution >= 4 is 77.7 Å². The SMILES string of the molecule is c1ccc(N(c2ccccc2)c2ccc(-c3ccc4c(c3)C3(c5ccccc5Oc5cc(-c6cccc(N(c7ccccc7)c7cccc(-c8ccc9c%10ccccc%10n(-c%10ccccc%10-c%10cccc%11c%10-c%10ccccc%10C%11%10c%11ccccc%11Oc%11ccc(-c%12ccc%13c(c%12)c%12ccccc%12n%13-c%12ccccc%12)cc%11%10)c9c8)c7)c6)ccc53)c3ccccc3-4)cc2)cc1. The molecule has 0 fully saturated rings. The van der Waals surface area contributed by atoms with Crippen LogP contribution in [0.5, 0.6) is 23.0 Å². The lowest BCUT2D eigenvalue weighted by Gasteiger charge is -2.39. The van der Waals surface area contributed by atoms with E-state index in [1.54, 1.807) is 0 Å². The minimum atomic E-state index is -0.743. The van der Waals surface area contributed by atoms with Gasteiger partial charge in [0.25, 0.3) is 0 Å². The zero-order valence-corrected chi connectivity index (χ0v) is 69.6. The normalized spacial score (nSPS) is 14.6. The van der Waals surface area contributed by atoms with E-state index >= 15 is 0 Å². The Balaban J connectivity index is 0.565. The van der Waals surface area contributed by atoms with Gasteiger partial charge in [0.15, 0.2) is 0 Å². The Morgan fingerprint density at radius 3 is 1.27 bits per heavy atom. The molecule has 0 bridgehead atoms. The van der Waals surface area contributed by atoms with Gasteiger partial charge in [-0.25, -0.2) is 0 Å². The molecule has 2 unspecified atom stereocenters. The number of para-hydroxylation sites is 9. The summed E-state index contributed by atoms with van der Waals surface area (Å²) in [6.07, 6.45) is 0. The largest absolute Gasteiger partial charge is 0.457 e. The molecule has 4 heterocycles. The maximum Gasteiger partial charge on any atom is 0.132 e. The molecule has 0 amide bonds. The fourth-order valence-electron chi connectivity index (χ4n) is 22.0. The van der Waals surface area contributed by atoms with Crippen LogP contribution in [0, 0.1) is 0 Å². The van der Waals surface area contributed by atoms with Gasteiger partial charge in [-0.15, -0.1) is 0 Å². The first-order valence-electron chi connectivity index (χ1n) is 44.1. The fourth-order valence-corrected chi connectivity index (χ4v) is 22.0. The van der Waals surface area contributed by atoms with Crippen molar-refractivity contribution in [1.29, 1.82) is 0 Å². The highest BCUT2D eigenvalue weighted by molar-refractivity contribution is 6.13. The van der Waals surface area contributed by atoms with Gasteiger partial charge in [-0.3, -0.25) is 0 Å². The van der Waals surface area contributed by atoms with Crippen LogP contribution >= 0.6 is 0 Å². The second kappa shape index (κ2) is 28.9. The third-order valence-corrected chi connectivity index (χ3v) is 27.4. The molecule has 20 aromatic carbocycles. The number of benzene rings is 20. The molecular weight excluding hydrogens is 1550 g/mol. The van der Waals surface area contributed by atoms with Crippen LogP contribution < -0.4 is 19.3 Å². The third-order valence-electron chi connectivity index (χ3n) is 27.4. The summed E-state index contributed by atoms with van der Waals surface area (Å²) in [5.41, 5.74) is 37.3.